The van der Waals surface area contributed by atoms with Crippen molar-refractivity contribution in [1.82, 2.24) is 19.3 Å². The monoisotopic (exact) mass is 496 g/mol. The third-order valence-corrected chi connectivity index (χ3v) is 6.96. The first-order valence-corrected chi connectivity index (χ1v) is 11.3. The summed E-state index contributed by atoms with van der Waals surface area (Å²) in [4.78, 5) is 8.16. The number of aromatic nitrogens is 3. The lowest BCUT2D eigenvalue weighted by Crippen LogP contribution is -2.12. The zero-order valence-corrected chi connectivity index (χ0v) is 19.6. The zero-order chi connectivity index (χ0) is 21.3. The van der Waals surface area contributed by atoms with Crippen LogP contribution in [0, 0.1) is 0 Å². The molecule has 0 spiro atoms. The Bertz CT molecular complexity index is 1330. The molecule has 6 nitrogen and oxygen atoms in total. The number of benzene rings is 1. The SMILES string of the molecule is CNCc1cn(S(=O)(=O)c2cccnc2)c2cc(Cc3ccc(Cl)nc3Cl)ccc12.Cl. The van der Waals surface area contributed by atoms with E-state index in [9.17, 15) is 8.42 Å². The minimum absolute atomic E-state index is 0. The maximum Gasteiger partial charge on any atom is 0.269 e. The fraction of sp³-hybridized carbons (Fsp3) is 0.143. The average Bonchev–Trinajstić information content (AvgIpc) is 3.10. The van der Waals surface area contributed by atoms with E-state index in [1.807, 2.05) is 31.3 Å². The van der Waals surface area contributed by atoms with E-state index in [-0.39, 0.29) is 17.3 Å². The van der Waals surface area contributed by atoms with Crippen molar-refractivity contribution in [2.45, 2.75) is 17.9 Å². The number of pyridine rings is 2. The molecular formula is C21H19Cl3N4O2S. The fourth-order valence-corrected chi connectivity index (χ4v) is 5.12. The van der Waals surface area contributed by atoms with Gasteiger partial charge >= 0.3 is 0 Å². The van der Waals surface area contributed by atoms with Crippen LogP contribution in [0.4, 0.5) is 0 Å². The largest absolute Gasteiger partial charge is 0.316 e. The van der Waals surface area contributed by atoms with Crippen molar-refractivity contribution >= 4 is 56.5 Å². The van der Waals surface area contributed by atoms with Crippen molar-refractivity contribution in [3.8, 4) is 0 Å². The Morgan fingerprint density at radius 1 is 1.10 bits per heavy atom. The van der Waals surface area contributed by atoms with Crippen LogP contribution in [-0.4, -0.2) is 29.4 Å². The highest BCUT2D eigenvalue weighted by atomic mass is 35.5. The Labute approximate surface area is 196 Å². The van der Waals surface area contributed by atoms with Crippen LogP contribution < -0.4 is 5.32 Å². The van der Waals surface area contributed by atoms with Crippen LogP contribution in [0.2, 0.25) is 10.3 Å². The molecular weight excluding hydrogens is 479 g/mol. The molecule has 0 atom stereocenters. The minimum atomic E-state index is -3.80. The number of hydrogen-bond donors (Lipinski definition) is 1. The van der Waals surface area contributed by atoms with Crippen LogP contribution in [-0.2, 0) is 23.0 Å². The maximum absolute atomic E-state index is 13.3. The molecule has 0 amide bonds. The van der Waals surface area contributed by atoms with E-state index in [1.54, 1.807) is 24.5 Å². The standard InChI is InChI=1S/C21H18Cl2N4O2S.ClH/c1-24-11-16-13-27(30(28,29)17-3-2-8-25-12-17)19-10-14(4-6-18(16)19)9-15-5-7-20(22)26-21(15)23;/h2-8,10,12-13,24H,9,11H2,1H3;1H. The average molecular weight is 498 g/mol. The summed E-state index contributed by atoms with van der Waals surface area (Å²) in [5.41, 5.74) is 3.20. The normalized spacial score (nSPS) is 11.5. The fourth-order valence-electron chi connectivity index (χ4n) is 3.36. The summed E-state index contributed by atoms with van der Waals surface area (Å²) in [5.74, 6) is 0. The van der Waals surface area contributed by atoms with E-state index < -0.39 is 10.0 Å². The number of fused-ring (bicyclic) bond motifs is 1. The van der Waals surface area contributed by atoms with Gasteiger partial charge in [-0.3, -0.25) is 4.98 Å². The molecule has 0 aliphatic carbocycles. The van der Waals surface area contributed by atoms with Crippen LogP contribution in [0.15, 0.2) is 66.0 Å². The van der Waals surface area contributed by atoms with E-state index in [1.165, 1.54) is 16.2 Å². The van der Waals surface area contributed by atoms with Crippen LogP contribution in [0.3, 0.4) is 0 Å². The molecule has 0 unspecified atom stereocenters. The molecule has 162 valence electrons. The van der Waals surface area contributed by atoms with Gasteiger partial charge in [0.1, 0.15) is 15.2 Å². The van der Waals surface area contributed by atoms with Gasteiger partial charge in [0.2, 0.25) is 0 Å². The molecule has 0 bridgehead atoms. The predicted octanol–water partition coefficient (Wildman–Crippen LogP) is 4.71. The topological polar surface area (TPSA) is 76.9 Å². The third-order valence-electron chi connectivity index (χ3n) is 4.76. The summed E-state index contributed by atoms with van der Waals surface area (Å²) >= 11 is 12.1. The number of nitrogens with one attached hydrogen (secondary N) is 1. The van der Waals surface area contributed by atoms with Gasteiger partial charge < -0.3 is 5.32 Å². The van der Waals surface area contributed by atoms with Crippen molar-refractivity contribution in [1.29, 1.82) is 0 Å². The van der Waals surface area contributed by atoms with Crippen molar-refractivity contribution < 1.29 is 8.42 Å². The second kappa shape index (κ2) is 9.54. The lowest BCUT2D eigenvalue weighted by molar-refractivity contribution is 0.588. The predicted molar refractivity (Wildman–Crippen MR) is 126 cm³/mol. The maximum atomic E-state index is 13.3. The van der Waals surface area contributed by atoms with Crippen LogP contribution in [0.1, 0.15) is 16.7 Å². The van der Waals surface area contributed by atoms with E-state index in [0.717, 1.165) is 22.1 Å². The molecule has 1 N–H and O–H groups in total. The molecule has 0 aliphatic heterocycles. The Morgan fingerprint density at radius 2 is 1.90 bits per heavy atom. The van der Waals surface area contributed by atoms with Gasteiger partial charge in [-0.05, 0) is 48.0 Å². The molecule has 10 heteroatoms. The Morgan fingerprint density at radius 3 is 2.58 bits per heavy atom. The quantitative estimate of drug-likeness (QED) is 0.391. The first-order chi connectivity index (χ1) is 14.4. The molecule has 0 saturated carbocycles. The Kier molecular flexibility index (Phi) is 7.24. The van der Waals surface area contributed by atoms with Gasteiger partial charge in [-0.2, -0.15) is 0 Å². The molecule has 4 aromatic rings. The lowest BCUT2D eigenvalue weighted by Gasteiger charge is -2.09. The highest BCUT2D eigenvalue weighted by Crippen LogP contribution is 2.28. The molecule has 0 radical (unpaired) electrons. The van der Waals surface area contributed by atoms with Gasteiger partial charge in [-0.25, -0.2) is 17.4 Å². The van der Waals surface area contributed by atoms with Crippen LogP contribution >= 0.6 is 35.6 Å². The molecule has 31 heavy (non-hydrogen) atoms. The number of nitrogens with zero attached hydrogens (tertiary/aromatic N) is 3. The van der Waals surface area contributed by atoms with Gasteiger partial charge in [0.25, 0.3) is 10.0 Å². The molecule has 4 rings (SSSR count). The summed E-state index contributed by atoms with van der Waals surface area (Å²) in [5, 5.41) is 4.61. The number of rotatable bonds is 6. The molecule has 0 saturated heterocycles. The lowest BCUT2D eigenvalue weighted by atomic mass is 10.0. The summed E-state index contributed by atoms with van der Waals surface area (Å²) in [6.45, 7) is 0.540. The highest BCUT2D eigenvalue weighted by Gasteiger charge is 2.21. The summed E-state index contributed by atoms with van der Waals surface area (Å²) in [6, 6.07) is 12.4. The van der Waals surface area contributed by atoms with Crippen LogP contribution in [0.25, 0.3) is 10.9 Å². The van der Waals surface area contributed by atoms with Crippen molar-refractivity contribution in [3.05, 3.63) is 88.1 Å². The van der Waals surface area contributed by atoms with Gasteiger partial charge in [0, 0.05) is 36.9 Å². The van der Waals surface area contributed by atoms with Gasteiger partial charge in [-0.15, -0.1) is 12.4 Å². The van der Waals surface area contributed by atoms with Crippen molar-refractivity contribution in [2.75, 3.05) is 7.05 Å². The van der Waals surface area contributed by atoms with Gasteiger partial charge in [0.05, 0.1) is 5.52 Å². The van der Waals surface area contributed by atoms with E-state index in [2.05, 4.69) is 15.3 Å². The summed E-state index contributed by atoms with van der Waals surface area (Å²) in [7, 11) is -1.97. The van der Waals surface area contributed by atoms with Crippen LogP contribution in [0.5, 0.6) is 0 Å². The summed E-state index contributed by atoms with van der Waals surface area (Å²) in [6.07, 6.45) is 5.05. The Balaban J connectivity index is 0.00000272. The zero-order valence-electron chi connectivity index (χ0n) is 16.4. The Hall–Kier alpha value is -2.16. The molecule has 3 heterocycles. The third kappa shape index (κ3) is 4.71. The van der Waals surface area contributed by atoms with Crippen molar-refractivity contribution in [3.63, 3.8) is 0 Å². The second-order valence-electron chi connectivity index (χ2n) is 6.79. The smallest absolute Gasteiger partial charge is 0.269 e. The first-order valence-electron chi connectivity index (χ1n) is 9.14. The van der Waals surface area contributed by atoms with E-state index in [0.29, 0.717) is 28.8 Å². The van der Waals surface area contributed by atoms with Gasteiger partial charge in [-0.1, -0.05) is 41.4 Å². The molecule has 0 fully saturated rings. The molecule has 1 aromatic carbocycles. The second-order valence-corrected chi connectivity index (χ2v) is 9.35. The highest BCUT2D eigenvalue weighted by molar-refractivity contribution is 7.90. The number of halogens is 3. The van der Waals surface area contributed by atoms with E-state index >= 15 is 0 Å². The van der Waals surface area contributed by atoms with Gasteiger partial charge in [0.15, 0.2) is 0 Å². The minimum Gasteiger partial charge on any atom is -0.316 e. The summed E-state index contributed by atoms with van der Waals surface area (Å²) < 4.78 is 27.9. The molecule has 0 aliphatic rings. The van der Waals surface area contributed by atoms with Crippen molar-refractivity contribution in [2.24, 2.45) is 0 Å². The number of hydrogen-bond acceptors (Lipinski definition) is 5. The van der Waals surface area contributed by atoms with E-state index in [4.69, 9.17) is 23.2 Å². The first kappa shape index (κ1) is 23.5. The molecule has 3 aromatic heterocycles.